The Kier molecular flexibility index (Phi) is 4.65. The van der Waals surface area contributed by atoms with Crippen LogP contribution in [-0.2, 0) is 21.2 Å². The zero-order chi connectivity index (χ0) is 15.6. The van der Waals surface area contributed by atoms with E-state index in [1.165, 1.54) is 23.5 Å². The molecule has 0 spiro atoms. The number of aromatic carboxylic acids is 1. The van der Waals surface area contributed by atoms with Crippen molar-refractivity contribution in [2.24, 2.45) is 0 Å². The summed E-state index contributed by atoms with van der Waals surface area (Å²) in [5.41, 5.74) is 0.656. The van der Waals surface area contributed by atoms with Crippen molar-refractivity contribution >= 4 is 16.0 Å². The van der Waals surface area contributed by atoms with E-state index >= 15 is 0 Å². The second-order valence-corrected chi connectivity index (χ2v) is 7.01. The van der Waals surface area contributed by atoms with E-state index in [4.69, 9.17) is 4.74 Å². The van der Waals surface area contributed by atoms with Gasteiger partial charge in [0.25, 0.3) is 0 Å². The molecule has 0 saturated carbocycles. The summed E-state index contributed by atoms with van der Waals surface area (Å²) < 4.78 is 31.6. The van der Waals surface area contributed by atoms with Crippen LogP contribution in [0.2, 0.25) is 0 Å². The molecule has 1 aromatic rings. The van der Waals surface area contributed by atoms with Crippen LogP contribution in [0.4, 0.5) is 0 Å². The number of carboxylic acid groups (broad SMARTS) is 1. The van der Waals surface area contributed by atoms with Crippen molar-refractivity contribution in [1.82, 2.24) is 4.31 Å². The number of ether oxygens (including phenoxy) is 1. The summed E-state index contributed by atoms with van der Waals surface area (Å²) in [5, 5.41) is 9.21. The smallest absolute Gasteiger partial charge is 0.336 e. The molecule has 0 bridgehead atoms. The van der Waals surface area contributed by atoms with E-state index < -0.39 is 16.0 Å². The van der Waals surface area contributed by atoms with E-state index in [0.29, 0.717) is 31.6 Å². The van der Waals surface area contributed by atoms with Crippen molar-refractivity contribution in [1.29, 1.82) is 0 Å². The molecular weight excluding hydrogens is 294 g/mol. The van der Waals surface area contributed by atoms with Crippen molar-refractivity contribution in [2.45, 2.75) is 30.7 Å². The molecule has 1 fully saturated rings. The molecule has 1 aliphatic rings. The monoisotopic (exact) mass is 313 g/mol. The van der Waals surface area contributed by atoms with Gasteiger partial charge in [-0.15, -0.1) is 0 Å². The van der Waals surface area contributed by atoms with Gasteiger partial charge < -0.3 is 9.84 Å². The number of carboxylic acids is 1. The lowest BCUT2D eigenvalue weighted by atomic mass is 10.1. The number of nitrogens with zero attached hydrogens (tertiary/aromatic N) is 1. The topological polar surface area (TPSA) is 83.9 Å². The summed E-state index contributed by atoms with van der Waals surface area (Å²) in [6, 6.07) is 4.07. The lowest BCUT2D eigenvalue weighted by Crippen LogP contribution is -2.37. The molecule has 0 aliphatic carbocycles. The van der Waals surface area contributed by atoms with Gasteiger partial charge in [-0.1, -0.05) is 13.0 Å². The predicted octanol–water partition coefficient (Wildman–Crippen LogP) is 1.36. The molecule has 1 unspecified atom stereocenters. The molecule has 6 nitrogen and oxygen atoms in total. The molecular formula is C14H19NO5S. The number of likely N-dealkylation sites (N-methyl/N-ethyl adjacent to an activating group) is 1. The summed E-state index contributed by atoms with van der Waals surface area (Å²) >= 11 is 0. The quantitative estimate of drug-likeness (QED) is 0.887. The Morgan fingerprint density at radius 3 is 2.71 bits per heavy atom. The fourth-order valence-electron chi connectivity index (χ4n) is 2.39. The van der Waals surface area contributed by atoms with Gasteiger partial charge in [0, 0.05) is 13.7 Å². The summed E-state index contributed by atoms with van der Waals surface area (Å²) in [5.74, 6) is -1.12. The van der Waals surface area contributed by atoms with E-state index in [1.807, 2.05) is 6.92 Å². The maximum absolute atomic E-state index is 12.6. The van der Waals surface area contributed by atoms with Gasteiger partial charge in [-0.2, -0.15) is 4.31 Å². The van der Waals surface area contributed by atoms with Crippen LogP contribution in [0.5, 0.6) is 0 Å². The minimum atomic E-state index is -3.71. The third kappa shape index (κ3) is 3.09. The Hall–Kier alpha value is -1.44. The lowest BCUT2D eigenvalue weighted by molar-refractivity contribution is 0.0695. The minimum absolute atomic E-state index is 0.00602. The molecule has 0 radical (unpaired) electrons. The van der Waals surface area contributed by atoms with Gasteiger partial charge in [-0.3, -0.25) is 0 Å². The van der Waals surface area contributed by atoms with E-state index in [-0.39, 0.29) is 16.5 Å². The van der Waals surface area contributed by atoms with Crippen LogP contribution < -0.4 is 0 Å². The highest BCUT2D eigenvalue weighted by molar-refractivity contribution is 7.89. The highest BCUT2D eigenvalue weighted by atomic mass is 32.2. The average molecular weight is 313 g/mol. The Balaban J connectivity index is 2.40. The van der Waals surface area contributed by atoms with Crippen LogP contribution >= 0.6 is 0 Å². The fourth-order valence-corrected chi connectivity index (χ4v) is 3.79. The number of aryl methyl sites for hydroxylation is 1. The summed E-state index contributed by atoms with van der Waals surface area (Å²) in [7, 11) is -2.21. The molecule has 0 amide bonds. The maximum atomic E-state index is 12.6. The molecule has 2 rings (SSSR count). The number of carbonyl (C=O) groups is 1. The molecule has 116 valence electrons. The zero-order valence-corrected chi connectivity index (χ0v) is 12.9. The van der Waals surface area contributed by atoms with Crippen LogP contribution in [-0.4, -0.2) is 50.1 Å². The first-order valence-electron chi connectivity index (χ1n) is 6.80. The lowest BCUT2D eigenvalue weighted by Gasteiger charge is -2.23. The summed E-state index contributed by atoms with van der Waals surface area (Å²) in [4.78, 5) is 11.3. The van der Waals surface area contributed by atoms with Gasteiger partial charge in [-0.05, 0) is 30.5 Å². The highest BCUT2D eigenvalue weighted by Crippen LogP contribution is 2.23. The van der Waals surface area contributed by atoms with Gasteiger partial charge in [-0.25, -0.2) is 13.2 Å². The average Bonchev–Trinajstić information content (AvgIpc) is 2.99. The number of benzene rings is 1. The van der Waals surface area contributed by atoms with Gasteiger partial charge in [0.2, 0.25) is 10.0 Å². The second kappa shape index (κ2) is 6.13. The highest BCUT2D eigenvalue weighted by Gasteiger charge is 2.31. The molecule has 0 aromatic heterocycles. The summed E-state index contributed by atoms with van der Waals surface area (Å²) in [6.45, 7) is 2.74. The first kappa shape index (κ1) is 15.9. The van der Waals surface area contributed by atoms with Gasteiger partial charge in [0.05, 0.1) is 23.1 Å². The van der Waals surface area contributed by atoms with E-state index in [1.54, 1.807) is 6.07 Å². The van der Waals surface area contributed by atoms with Crippen molar-refractivity contribution in [3.05, 3.63) is 29.3 Å². The largest absolute Gasteiger partial charge is 0.478 e. The second-order valence-electron chi connectivity index (χ2n) is 5.02. The van der Waals surface area contributed by atoms with Crippen LogP contribution in [0, 0.1) is 0 Å². The standard InChI is InChI=1S/C14H19NO5S/c1-3-10-4-5-12(8-13(10)14(16)17)21(18,19)15(2)11-6-7-20-9-11/h4-5,8,11H,3,6-7,9H2,1-2H3,(H,16,17). The molecule has 1 atom stereocenters. The number of sulfonamides is 1. The molecule has 1 aliphatic heterocycles. The van der Waals surface area contributed by atoms with Gasteiger partial charge in [0.15, 0.2) is 0 Å². The van der Waals surface area contributed by atoms with E-state index in [2.05, 4.69) is 0 Å². The van der Waals surface area contributed by atoms with Crippen LogP contribution in [0.15, 0.2) is 23.1 Å². The first-order chi connectivity index (χ1) is 9.87. The molecule has 1 aromatic carbocycles. The van der Waals surface area contributed by atoms with Gasteiger partial charge >= 0.3 is 5.97 Å². The van der Waals surface area contributed by atoms with Crippen molar-refractivity contribution in [2.75, 3.05) is 20.3 Å². The normalized spacial score (nSPS) is 19.1. The zero-order valence-electron chi connectivity index (χ0n) is 12.1. The summed E-state index contributed by atoms with van der Waals surface area (Å²) in [6.07, 6.45) is 1.18. The maximum Gasteiger partial charge on any atom is 0.336 e. The third-order valence-electron chi connectivity index (χ3n) is 3.79. The third-order valence-corrected chi connectivity index (χ3v) is 5.70. The Bertz CT molecular complexity index is 635. The molecule has 21 heavy (non-hydrogen) atoms. The van der Waals surface area contributed by atoms with Crippen molar-refractivity contribution < 1.29 is 23.1 Å². The Morgan fingerprint density at radius 1 is 1.48 bits per heavy atom. The Labute approximate surface area is 124 Å². The van der Waals surface area contributed by atoms with E-state index in [9.17, 15) is 18.3 Å². The predicted molar refractivity (Wildman–Crippen MR) is 77.0 cm³/mol. The molecule has 1 N–H and O–H groups in total. The molecule has 1 heterocycles. The Morgan fingerprint density at radius 2 is 2.19 bits per heavy atom. The first-order valence-corrected chi connectivity index (χ1v) is 8.24. The van der Waals surface area contributed by atoms with Crippen molar-refractivity contribution in [3.63, 3.8) is 0 Å². The van der Waals surface area contributed by atoms with Crippen LogP contribution in [0.25, 0.3) is 0 Å². The molecule has 7 heteroatoms. The number of hydrogen-bond donors (Lipinski definition) is 1. The fraction of sp³-hybridized carbons (Fsp3) is 0.500. The van der Waals surface area contributed by atoms with Crippen molar-refractivity contribution in [3.8, 4) is 0 Å². The molecule has 1 saturated heterocycles. The SMILES string of the molecule is CCc1ccc(S(=O)(=O)N(C)C2CCOC2)cc1C(=O)O. The number of rotatable bonds is 5. The van der Waals surface area contributed by atoms with Crippen LogP contribution in [0.1, 0.15) is 29.3 Å². The number of hydrogen-bond acceptors (Lipinski definition) is 4. The van der Waals surface area contributed by atoms with Crippen LogP contribution in [0.3, 0.4) is 0 Å². The van der Waals surface area contributed by atoms with Gasteiger partial charge in [0.1, 0.15) is 0 Å². The minimum Gasteiger partial charge on any atom is -0.478 e. The van der Waals surface area contributed by atoms with E-state index in [0.717, 1.165) is 0 Å².